The number of nitrogens with zero attached hydrogens (tertiary/aromatic N) is 1. The van der Waals surface area contributed by atoms with Crippen LogP contribution in [0.4, 0.5) is 0 Å². The number of nitrogens with one attached hydrogen (secondary N) is 1. The Morgan fingerprint density at radius 2 is 2.17 bits per heavy atom. The largest absolute Gasteiger partial charge is 0.381 e. The highest BCUT2D eigenvalue weighted by atomic mass is 16.5. The van der Waals surface area contributed by atoms with Gasteiger partial charge in [-0.2, -0.15) is 0 Å². The lowest BCUT2D eigenvalue weighted by Crippen LogP contribution is -2.24. The van der Waals surface area contributed by atoms with Crippen molar-refractivity contribution in [2.45, 2.75) is 32.6 Å². The number of ether oxygens (including phenoxy) is 1. The lowest BCUT2D eigenvalue weighted by molar-refractivity contribution is -0.120. The van der Waals surface area contributed by atoms with Crippen molar-refractivity contribution < 1.29 is 9.53 Å². The van der Waals surface area contributed by atoms with E-state index in [1.54, 1.807) is 0 Å². The van der Waals surface area contributed by atoms with Gasteiger partial charge in [0, 0.05) is 38.1 Å². The summed E-state index contributed by atoms with van der Waals surface area (Å²) in [5, 5.41) is 2.82. The fraction of sp³-hybridized carbons (Fsp3) is 0.571. The smallest absolute Gasteiger partial charge is 0.219 e. The zero-order valence-corrected chi connectivity index (χ0v) is 11.0. The summed E-state index contributed by atoms with van der Waals surface area (Å²) in [6.45, 7) is 4.00. The third kappa shape index (κ3) is 7.01. The number of rotatable bonds is 9. The number of hydrogen-bond donors (Lipinski definition) is 1. The van der Waals surface area contributed by atoms with Gasteiger partial charge in [-0.3, -0.25) is 9.78 Å². The second-order valence-corrected chi connectivity index (χ2v) is 4.09. The highest BCUT2D eigenvalue weighted by Crippen LogP contribution is 1.98. The highest BCUT2D eigenvalue weighted by molar-refractivity contribution is 5.75. The maximum Gasteiger partial charge on any atom is 0.219 e. The van der Waals surface area contributed by atoms with Crippen molar-refractivity contribution >= 4 is 5.91 Å². The molecule has 0 unspecified atom stereocenters. The number of amides is 1. The van der Waals surface area contributed by atoms with Gasteiger partial charge in [-0.05, 0) is 31.4 Å². The van der Waals surface area contributed by atoms with Gasteiger partial charge in [-0.1, -0.05) is 13.0 Å². The van der Waals surface area contributed by atoms with E-state index in [9.17, 15) is 4.79 Å². The van der Waals surface area contributed by atoms with Crippen molar-refractivity contribution in [3.63, 3.8) is 0 Å². The number of pyridine rings is 1. The number of aromatic nitrogens is 1. The van der Waals surface area contributed by atoms with Gasteiger partial charge in [0.2, 0.25) is 5.91 Å². The van der Waals surface area contributed by atoms with E-state index in [1.807, 2.05) is 31.3 Å². The summed E-state index contributed by atoms with van der Waals surface area (Å²) >= 11 is 0. The predicted molar refractivity (Wildman–Crippen MR) is 71.3 cm³/mol. The topological polar surface area (TPSA) is 51.2 Å². The quantitative estimate of drug-likeness (QED) is 0.681. The average molecular weight is 250 g/mol. The van der Waals surface area contributed by atoms with Gasteiger partial charge in [-0.15, -0.1) is 0 Å². The number of aryl methyl sites for hydroxylation is 1. The van der Waals surface area contributed by atoms with Crippen LogP contribution in [0.25, 0.3) is 0 Å². The van der Waals surface area contributed by atoms with Crippen LogP contribution in [-0.2, 0) is 16.0 Å². The van der Waals surface area contributed by atoms with Gasteiger partial charge < -0.3 is 10.1 Å². The molecule has 1 aromatic heterocycles. The first-order chi connectivity index (χ1) is 8.83. The first-order valence-corrected chi connectivity index (χ1v) is 6.57. The Labute approximate surface area is 109 Å². The molecule has 0 bridgehead atoms. The lowest BCUT2D eigenvalue weighted by atomic mass is 10.2. The van der Waals surface area contributed by atoms with Crippen LogP contribution in [0.15, 0.2) is 24.4 Å². The van der Waals surface area contributed by atoms with Crippen molar-refractivity contribution in [2.24, 2.45) is 0 Å². The van der Waals surface area contributed by atoms with E-state index in [0.29, 0.717) is 19.6 Å². The molecule has 18 heavy (non-hydrogen) atoms. The van der Waals surface area contributed by atoms with Gasteiger partial charge in [0.05, 0.1) is 0 Å². The first kappa shape index (κ1) is 14.6. The molecule has 0 atom stereocenters. The minimum Gasteiger partial charge on any atom is -0.381 e. The molecule has 1 heterocycles. The molecule has 0 spiro atoms. The molecular weight excluding hydrogens is 228 g/mol. The Balaban J connectivity index is 1.89. The molecule has 4 nitrogen and oxygen atoms in total. The minimum atomic E-state index is 0.102. The summed E-state index contributed by atoms with van der Waals surface area (Å²) < 4.78 is 5.49. The summed E-state index contributed by atoms with van der Waals surface area (Å²) in [6, 6.07) is 5.95. The van der Waals surface area contributed by atoms with Gasteiger partial charge in [0.25, 0.3) is 0 Å². The Morgan fingerprint density at radius 3 is 2.89 bits per heavy atom. The first-order valence-electron chi connectivity index (χ1n) is 6.57. The molecule has 0 aliphatic carbocycles. The van der Waals surface area contributed by atoms with E-state index >= 15 is 0 Å². The van der Waals surface area contributed by atoms with E-state index in [0.717, 1.165) is 31.6 Å². The van der Waals surface area contributed by atoms with Crippen LogP contribution >= 0.6 is 0 Å². The monoisotopic (exact) mass is 250 g/mol. The van der Waals surface area contributed by atoms with Crippen LogP contribution in [0.1, 0.15) is 31.9 Å². The molecule has 0 aliphatic heterocycles. The molecule has 0 aliphatic rings. The second kappa shape index (κ2) is 9.59. The molecule has 1 N–H and O–H groups in total. The zero-order chi connectivity index (χ0) is 13.1. The number of carbonyl (C=O) groups is 1. The van der Waals surface area contributed by atoms with E-state index in [2.05, 4.69) is 10.3 Å². The SMILES string of the molecule is CCC(=O)NCCCOCCCc1ccccn1. The van der Waals surface area contributed by atoms with E-state index in [-0.39, 0.29) is 5.91 Å². The summed E-state index contributed by atoms with van der Waals surface area (Å²) in [5.74, 6) is 0.102. The van der Waals surface area contributed by atoms with Gasteiger partial charge in [0.1, 0.15) is 0 Å². The van der Waals surface area contributed by atoms with Gasteiger partial charge >= 0.3 is 0 Å². The molecule has 0 saturated heterocycles. The Kier molecular flexibility index (Phi) is 7.80. The van der Waals surface area contributed by atoms with E-state index in [4.69, 9.17) is 4.74 Å². The van der Waals surface area contributed by atoms with E-state index < -0.39 is 0 Å². The molecule has 0 aromatic carbocycles. The maximum atomic E-state index is 10.9. The van der Waals surface area contributed by atoms with Crippen LogP contribution in [0.5, 0.6) is 0 Å². The second-order valence-electron chi connectivity index (χ2n) is 4.09. The fourth-order valence-electron chi connectivity index (χ4n) is 1.53. The molecule has 100 valence electrons. The number of hydrogen-bond acceptors (Lipinski definition) is 3. The fourth-order valence-corrected chi connectivity index (χ4v) is 1.53. The van der Waals surface area contributed by atoms with Crippen molar-refractivity contribution in [3.8, 4) is 0 Å². The summed E-state index contributed by atoms with van der Waals surface area (Å²) in [4.78, 5) is 15.2. The highest BCUT2D eigenvalue weighted by Gasteiger charge is 1.96. The van der Waals surface area contributed by atoms with Crippen molar-refractivity contribution in [1.29, 1.82) is 0 Å². The third-order valence-corrected chi connectivity index (χ3v) is 2.56. The molecule has 1 rings (SSSR count). The summed E-state index contributed by atoms with van der Waals surface area (Å²) in [7, 11) is 0. The molecule has 1 aromatic rings. The van der Waals surface area contributed by atoms with E-state index in [1.165, 1.54) is 0 Å². The van der Waals surface area contributed by atoms with Crippen molar-refractivity contribution in [3.05, 3.63) is 30.1 Å². The van der Waals surface area contributed by atoms with Gasteiger partial charge in [0.15, 0.2) is 0 Å². The van der Waals surface area contributed by atoms with Gasteiger partial charge in [-0.25, -0.2) is 0 Å². The predicted octanol–water partition coefficient (Wildman–Crippen LogP) is 1.95. The zero-order valence-electron chi connectivity index (χ0n) is 11.0. The van der Waals surface area contributed by atoms with Crippen molar-refractivity contribution in [1.82, 2.24) is 10.3 Å². The standard InChI is InChI=1S/C14H22N2O2/c1-2-14(17)16-10-6-12-18-11-5-8-13-7-3-4-9-15-13/h3-4,7,9H,2,5-6,8,10-12H2,1H3,(H,16,17). The van der Waals surface area contributed by atoms with Crippen LogP contribution < -0.4 is 5.32 Å². The minimum absolute atomic E-state index is 0.102. The normalized spacial score (nSPS) is 10.3. The Hall–Kier alpha value is -1.42. The molecule has 0 saturated carbocycles. The molecule has 1 amide bonds. The Morgan fingerprint density at radius 1 is 1.33 bits per heavy atom. The molecule has 4 heteroatoms. The number of carbonyl (C=O) groups excluding carboxylic acids is 1. The van der Waals surface area contributed by atoms with Crippen LogP contribution in [0.2, 0.25) is 0 Å². The lowest BCUT2D eigenvalue weighted by Gasteiger charge is -2.05. The average Bonchev–Trinajstić information content (AvgIpc) is 2.42. The summed E-state index contributed by atoms with van der Waals surface area (Å²) in [6.07, 6.45) is 5.17. The third-order valence-electron chi connectivity index (χ3n) is 2.56. The van der Waals surface area contributed by atoms with Crippen LogP contribution in [0, 0.1) is 0 Å². The van der Waals surface area contributed by atoms with Crippen molar-refractivity contribution in [2.75, 3.05) is 19.8 Å². The molecular formula is C14H22N2O2. The Bertz CT molecular complexity index is 328. The van der Waals surface area contributed by atoms with Crippen LogP contribution in [0.3, 0.4) is 0 Å². The molecule has 0 radical (unpaired) electrons. The maximum absolute atomic E-state index is 10.9. The molecule has 0 fully saturated rings. The van der Waals surface area contributed by atoms with Crippen LogP contribution in [-0.4, -0.2) is 30.6 Å². The summed E-state index contributed by atoms with van der Waals surface area (Å²) in [5.41, 5.74) is 1.11.